The molecule has 0 saturated carbocycles. The van der Waals surface area contributed by atoms with Gasteiger partial charge in [0.05, 0.1) is 7.11 Å². The van der Waals surface area contributed by atoms with E-state index in [1.54, 1.807) is 30.2 Å². The Balaban J connectivity index is 1.72. The van der Waals surface area contributed by atoms with Gasteiger partial charge in [0.25, 0.3) is 0 Å². The molecule has 6 heteroatoms. The Morgan fingerprint density at radius 3 is 2.92 bits per heavy atom. The van der Waals surface area contributed by atoms with Crippen LogP contribution >= 0.6 is 23.1 Å². The Kier molecular flexibility index (Phi) is 5.58. The lowest BCUT2D eigenvalue weighted by atomic mass is 10.2. The van der Waals surface area contributed by atoms with Gasteiger partial charge in [-0.15, -0.1) is 21.5 Å². The first-order chi connectivity index (χ1) is 11.7. The number of hydrogen-bond donors (Lipinski definition) is 0. The van der Waals surface area contributed by atoms with Gasteiger partial charge in [0.1, 0.15) is 5.75 Å². The van der Waals surface area contributed by atoms with E-state index >= 15 is 0 Å². The van der Waals surface area contributed by atoms with Crippen molar-refractivity contribution in [2.75, 3.05) is 7.11 Å². The minimum Gasteiger partial charge on any atom is -0.497 e. The van der Waals surface area contributed by atoms with Gasteiger partial charge in [-0.3, -0.25) is 0 Å². The average molecular weight is 360 g/mol. The zero-order valence-electron chi connectivity index (χ0n) is 14.2. The zero-order chi connectivity index (χ0) is 16.9. The largest absolute Gasteiger partial charge is 0.497 e. The number of hydrogen-bond acceptors (Lipinski definition) is 5. The van der Waals surface area contributed by atoms with Gasteiger partial charge in [-0.2, -0.15) is 0 Å². The Morgan fingerprint density at radius 1 is 1.25 bits per heavy atom. The van der Waals surface area contributed by atoms with Crippen LogP contribution in [0.1, 0.15) is 23.8 Å². The number of rotatable bonds is 7. The van der Waals surface area contributed by atoms with E-state index in [1.807, 2.05) is 19.2 Å². The SMILES string of the molecule is CCCc1cc(-c2nnc(SCc3cccc(OC)c3)n2C)cs1. The number of thiophene rings is 1. The van der Waals surface area contributed by atoms with Crippen molar-refractivity contribution in [3.05, 3.63) is 46.2 Å². The number of aromatic nitrogens is 3. The molecule has 0 aliphatic carbocycles. The number of ether oxygens (including phenoxy) is 1. The highest BCUT2D eigenvalue weighted by Gasteiger charge is 2.13. The fourth-order valence-corrected chi connectivity index (χ4v) is 4.30. The van der Waals surface area contributed by atoms with E-state index in [-0.39, 0.29) is 0 Å². The molecule has 0 atom stereocenters. The summed E-state index contributed by atoms with van der Waals surface area (Å²) >= 11 is 3.49. The molecular weight excluding hydrogens is 338 g/mol. The van der Waals surface area contributed by atoms with Crippen LogP contribution in [0.15, 0.2) is 40.9 Å². The second-order valence-corrected chi connectivity index (χ2v) is 7.50. The molecule has 0 amide bonds. The molecule has 0 unspecified atom stereocenters. The highest BCUT2D eigenvalue weighted by Crippen LogP contribution is 2.29. The third-order valence-electron chi connectivity index (χ3n) is 3.75. The highest BCUT2D eigenvalue weighted by molar-refractivity contribution is 7.98. The van der Waals surface area contributed by atoms with E-state index in [0.29, 0.717) is 0 Å². The molecule has 0 fully saturated rings. The molecule has 1 aromatic carbocycles. The topological polar surface area (TPSA) is 39.9 Å². The minimum atomic E-state index is 0.841. The molecule has 24 heavy (non-hydrogen) atoms. The average Bonchev–Trinajstić information content (AvgIpc) is 3.20. The summed E-state index contributed by atoms with van der Waals surface area (Å²) < 4.78 is 7.35. The Bertz CT molecular complexity index is 810. The fourth-order valence-electron chi connectivity index (χ4n) is 2.48. The van der Waals surface area contributed by atoms with E-state index in [4.69, 9.17) is 4.74 Å². The van der Waals surface area contributed by atoms with Crippen molar-refractivity contribution in [2.24, 2.45) is 7.05 Å². The Morgan fingerprint density at radius 2 is 2.12 bits per heavy atom. The molecule has 0 bridgehead atoms. The Hall–Kier alpha value is -1.79. The summed E-state index contributed by atoms with van der Waals surface area (Å²) in [6.45, 7) is 2.20. The molecular formula is C18H21N3OS2. The molecule has 0 N–H and O–H groups in total. The molecule has 0 aliphatic rings. The molecule has 4 nitrogen and oxygen atoms in total. The maximum atomic E-state index is 5.27. The highest BCUT2D eigenvalue weighted by atomic mass is 32.2. The normalized spacial score (nSPS) is 11.0. The molecule has 0 saturated heterocycles. The predicted octanol–water partition coefficient (Wildman–Crippen LogP) is 4.80. The van der Waals surface area contributed by atoms with Crippen LogP contribution < -0.4 is 4.74 Å². The molecule has 0 radical (unpaired) electrons. The van der Waals surface area contributed by atoms with Gasteiger partial charge in [0, 0.05) is 28.6 Å². The van der Waals surface area contributed by atoms with Crippen LogP contribution in [0.5, 0.6) is 5.75 Å². The molecule has 2 heterocycles. The van der Waals surface area contributed by atoms with Crippen LogP contribution in [-0.4, -0.2) is 21.9 Å². The summed E-state index contributed by atoms with van der Waals surface area (Å²) in [6.07, 6.45) is 2.29. The van der Waals surface area contributed by atoms with Crippen molar-refractivity contribution >= 4 is 23.1 Å². The van der Waals surface area contributed by atoms with Crippen molar-refractivity contribution in [3.8, 4) is 17.1 Å². The first-order valence-electron chi connectivity index (χ1n) is 7.94. The summed E-state index contributed by atoms with van der Waals surface area (Å²) in [6, 6.07) is 10.4. The van der Waals surface area contributed by atoms with Crippen LogP contribution in [0.3, 0.4) is 0 Å². The maximum absolute atomic E-state index is 5.27. The van der Waals surface area contributed by atoms with Crippen LogP contribution in [-0.2, 0) is 19.2 Å². The van der Waals surface area contributed by atoms with Crippen molar-refractivity contribution in [1.29, 1.82) is 0 Å². The van der Waals surface area contributed by atoms with E-state index in [9.17, 15) is 0 Å². The van der Waals surface area contributed by atoms with E-state index in [1.165, 1.54) is 16.9 Å². The van der Waals surface area contributed by atoms with Crippen molar-refractivity contribution < 1.29 is 4.74 Å². The lowest BCUT2D eigenvalue weighted by Gasteiger charge is -2.05. The van der Waals surface area contributed by atoms with Gasteiger partial charge in [0.15, 0.2) is 11.0 Å². The van der Waals surface area contributed by atoms with Gasteiger partial charge < -0.3 is 9.30 Å². The van der Waals surface area contributed by atoms with Gasteiger partial charge in [-0.25, -0.2) is 0 Å². The molecule has 3 aromatic rings. The standard InChI is InChI=1S/C18H21N3OS2/c1-4-6-16-10-14(12-23-16)17-19-20-18(21(17)2)24-11-13-7-5-8-15(9-13)22-3/h5,7-10,12H,4,6,11H2,1-3H3. The molecule has 2 aromatic heterocycles. The quantitative estimate of drug-likeness (QED) is 0.568. The van der Waals surface area contributed by atoms with Crippen LogP contribution in [0.2, 0.25) is 0 Å². The van der Waals surface area contributed by atoms with E-state index in [0.717, 1.165) is 34.5 Å². The van der Waals surface area contributed by atoms with Crippen molar-refractivity contribution in [1.82, 2.24) is 14.8 Å². The first-order valence-corrected chi connectivity index (χ1v) is 9.80. The van der Waals surface area contributed by atoms with Gasteiger partial charge in [-0.1, -0.05) is 37.2 Å². The van der Waals surface area contributed by atoms with Crippen molar-refractivity contribution in [3.63, 3.8) is 0 Å². The molecule has 0 aliphatic heterocycles. The van der Waals surface area contributed by atoms with Gasteiger partial charge >= 0.3 is 0 Å². The third kappa shape index (κ3) is 3.82. The van der Waals surface area contributed by atoms with Crippen LogP contribution in [0.4, 0.5) is 0 Å². The number of nitrogens with zero attached hydrogens (tertiary/aromatic N) is 3. The van der Waals surface area contributed by atoms with E-state index in [2.05, 4.69) is 45.3 Å². The maximum Gasteiger partial charge on any atom is 0.191 e. The summed E-state index contributed by atoms with van der Waals surface area (Å²) in [5.41, 5.74) is 2.37. The van der Waals surface area contributed by atoms with Gasteiger partial charge in [0.2, 0.25) is 0 Å². The Labute approximate surface area is 150 Å². The van der Waals surface area contributed by atoms with Crippen LogP contribution in [0.25, 0.3) is 11.4 Å². The lowest BCUT2D eigenvalue weighted by molar-refractivity contribution is 0.414. The minimum absolute atomic E-state index is 0.841. The second-order valence-electron chi connectivity index (χ2n) is 5.56. The zero-order valence-corrected chi connectivity index (χ0v) is 15.8. The van der Waals surface area contributed by atoms with Gasteiger partial charge in [-0.05, 0) is 30.2 Å². The summed E-state index contributed by atoms with van der Waals surface area (Å²) in [4.78, 5) is 1.40. The first kappa shape index (κ1) is 17.0. The lowest BCUT2D eigenvalue weighted by Crippen LogP contribution is -1.94. The molecule has 3 rings (SSSR count). The third-order valence-corrected chi connectivity index (χ3v) is 5.83. The molecule has 126 valence electrons. The number of methoxy groups -OCH3 is 1. The molecule has 0 spiro atoms. The summed E-state index contributed by atoms with van der Waals surface area (Å²) in [7, 11) is 3.72. The van der Waals surface area contributed by atoms with E-state index < -0.39 is 0 Å². The number of benzene rings is 1. The number of aryl methyl sites for hydroxylation is 1. The number of thioether (sulfide) groups is 1. The fraction of sp³-hybridized carbons (Fsp3) is 0.333. The van der Waals surface area contributed by atoms with Crippen molar-refractivity contribution in [2.45, 2.75) is 30.7 Å². The summed E-state index contributed by atoms with van der Waals surface area (Å²) in [5, 5.41) is 11.8. The smallest absolute Gasteiger partial charge is 0.191 e. The predicted molar refractivity (Wildman–Crippen MR) is 101 cm³/mol. The monoisotopic (exact) mass is 359 g/mol. The second kappa shape index (κ2) is 7.85. The summed E-state index contributed by atoms with van der Waals surface area (Å²) in [5.74, 6) is 2.66. The van der Waals surface area contributed by atoms with Crippen LogP contribution in [0, 0.1) is 0 Å².